The number of benzene rings is 1. The number of amides is 1. The molecule has 0 bridgehead atoms. The first-order chi connectivity index (χ1) is 13.5. The molecule has 1 N–H and O–H groups in total. The quantitative estimate of drug-likeness (QED) is 0.374. The van der Waals surface area contributed by atoms with Gasteiger partial charge in [-0.05, 0) is 49.8 Å². The van der Waals surface area contributed by atoms with Crippen LogP contribution in [-0.4, -0.2) is 46.7 Å². The maximum absolute atomic E-state index is 12.0. The molecule has 2 heterocycles. The van der Waals surface area contributed by atoms with Crippen molar-refractivity contribution < 1.29 is 4.79 Å². The fraction of sp³-hybridized carbons (Fsp3) is 0.316. The number of rotatable bonds is 9. The number of carbonyl (C=O) groups is 1. The van der Waals surface area contributed by atoms with Gasteiger partial charge in [0.05, 0.1) is 15.8 Å². The van der Waals surface area contributed by atoms with E-state index in [0.29, 0.717) is 22.3 Å². The fourth-order valence-electron chi connectivity index (χ4n) is 2.60. The second-order valence-corrected chi connectivity index (χ2v) is 9.30. The predicted molar refractivity (Wildman–Crippen MR) is 119 cm³/mol. The summed E-state index contributed by atoms with van der Waals surface area (Å²) in [6, 6.07) is 9.46. The molecule has 3 rings (SSSR count). The average Bonchev–Trinajstić information content (AvgIpc) is 3.09. The van der Waals surface area contributed by atoms with Crippen molar-refractivity contribution in [3.8, 4) is 0 Å². The molecular formula is C19H20Cl2N4OS2. The van der Waals surface area contributed by atoms with E-state index in [1.54, 1.807) is 6.20 Å². The van der Waals surface area contributed by atoms with Gasteiger partial charge in [0.2, 0.25) is 5.91 Å². The second kappa shape index (κ2) is 10.4. The molecule has 9 heteroatoms. The highest BCUT2D eigenvalue weighted by Gasteiger charge is 2.08. The molecule has 0 saturated heterocycles. The third kappa shape index (κ3) is 6.32. The van der Waals surface area contributed by atoms with Crippen LogP contribution in [0, 0.1) is 0 Å². The number of nitrogens with zero attached hydrogens (tertiary/aromatic N) is 3. The van der Waals surface area contributed by atoms with E-state index in [-0.39, 0.29) is 5.91 Å². The molecule has 28 heavy (non-hydrogen) atoms. The van der Waals surface area contributed by atoms with Crippen LogP contribution in [0.1, 0.15) is 12.0 Å². The number of fused-ring (bicyclic) bond motifs is 1. The Balaban J connectivity index is 1.33. The Morgan fingerprint density at radius 2 is 2.14 bits per heavy atom. The van der Waals surface area contributed by atoms with Crippen molar-refractivity contribution in [3.63, 3.8) is 0 Å². The molecule has 148 valence electrons. The van der Waals surface area contributed by atoms with Crippen LogP contribution in [0.15, 0.2) is 40.9 Å². The van der Waals surface area contributed by atoms with E-state index in [4.69, 9.17) is 23.2 Å². The number of carbonyl (C=O) groups excluding carboxylic acids is 1. The van der Waals surface area contributed by atoms with Crippen LogP contribution in [0.5, 0.6) is 0 Å². The summed E-state index contributed by atoms with van der Waals surface area (Å²) in [7, 11) is 2.04. The number of halogens is 2. The highest BCUT2D eigenvalue weighted by molar-refractivity contribution is 8.01. The van der Waals surface area contributed by atoms with Crippen LogP contribution in [0.4, 0.5) is 0 Å². The van der Waals surface area contributed by atoms with Crippen molar-refractivity contribution in [2.24, 2.45) is 0 Å². The van der Waals surface area contributed by atoms with Crippen molar-refractivity contribution in [2.45, 2.75) is 17.3 Å². The van der Waals surface area contributed by atoms with Crippen LogP contribution in [0.2, 0.25) is 10.0 Å². The zero-order valence-electron chi connectivity index (χ0n) is 15.3. The first-order valence-corrected chi connectivity index (χ1v) is 11.3. The van der Waals surface area contributed by atoms with E-state index >= 15 is 0 Å². The molecule has 0 saturated carbocycles. The Bertz CT molecular complexity index is 918. The summed E-state index contributed by atoms with van der Waals surface area (Å²) in [6.07, 6.45) is 2.62. The largest absolute Gasteiger partial charge is 0.355 e. The van der Waals surface area contributed by atoms with Crippen LogP contribution in [0.3, 0.4) is 0 Å². The lowest BCUT2D eigenvalue weighted by Gasteiger charge is -2.17. The van der Waals surface area contributed by atoms with Gasteiger partial charge >= 0.3 is 0 Å². The van der Waals surface area contributed by atoms with Gasteiger partial charge in [-0.15, -0.1) is 0 Å². The predicted octanol–water partition coefficient (Wildman–Crippen LogP) is 4.73. The molecule has 0 fully saturated rings. The summed E-state index contributed by atoms with van der Waals surface area (Å²) in [6.45, 7) is 2.30. The Labute approximate surface area is 182 Å². The standard InChI is InChI=1S/C19H20Cl2N4OS2/c1-25(11-13-5-6-14(20)15(21)10-13)9-3-8-22-17(26)12-27-19-24-16-4-2-7-23-18(16)28-19/h2,4-7,10H,3,8-9,11-12H2,1H3,(H,22,26). The maximum atomic E-state index is 12.0. The minimum atomic E-state index is 0.0179. The number of nitrogens with one attached hydrogen (secondary N) is 1. The third-order valence-corrected chi connectivity index (χ3v) is 6.81. The van der Waals surface area contributed by atoms with Crippen molar-refractivity contribution >= 4 is 62.6 Å². The molecule has 2 aromatic heterocycles. The summed E-state index contributed by atoms with van der Waals surface area (Å²) in [5.74, 6) is 0.378. The summed E-state index contributed by atoms with van der Waals surface area (Å²) in [5.41, 5.74) is 1.99. The Morgan fingerprint density at radius 3 is 2.93 bits per heavy atom. The Kier molecular flexibility index (Phi) is 7.93. The second-order valence-electron chi connectivity index (χ2n) is 6.29. The lowest BCUT2D eigenvalue weighted by Crippen LogP contribution is -2.29. The molecule has 0 radical (unpaired) electrons. The smallest absolute Gasteiger partial charge is 0.230 e. The molecule has 0 aliphatic carbocycles. The molecule has 0 aliphatic heterocycles. The van der Waals surface area contributed by atoms with Gasteiger partial charge in [-0.25, -0.2) is 9.97 Å². The Hall–Kier alpha value is -1.38. The zero-order chi connectivity index (χ0) is 19.9. The van der Waals surface area contributed by atoms with Crippen molar-refractivity contribution in [2.75, 3.05) is 25.9 Å². The Morgan fingerprint density at radius 1 is 1.29 bits per heavy atom. The van der Waals surface area contributed by atoms with E-state index in [9.17, 15) is 4.79 Å². The summed E-state index contributed by atoms with van der Waals surface area (Å²) in [5, 5.41) is 4.09. The monoisotopic (exact) mass is 454 g/mol. The number of pyridine rings is 1. The lowest BCUT2D eigenvalue weighted by molar-refractivity contribution is -0.118. The molecule has 1 aromatic carbocycles. The van der Waals surface area contributed by atoms with Gasteiger partial charge in [0.25, 0.3) is 0 Å². The van der Waals surface area contributed by atoms with Crippen LogP contribution >= 0.6 is 46.3 Å². The number of thiazole rings is 1. The summed E-state index contributed by atoms with van der Waals surface area (Å²) >= 11 is 14.9. The van der Waals surface area contributed by atoms with Gasteiger partial charge in [-0.3, -0.25) is 4.79 Å². The van der Waals surface area contributed by atoms with Gasteiger partial charge in [0.1, 0.15) is 10.3 Å². The molecule has 0 atom stereocenters. The zero-order valence-corrected chi connectivity index (χ0v) is 18.5. The first kappa shape index (κ1) is 21.3. The highest BCUT2D eigenvalue weighted by atomic mass is 35.5. The minimum Gasteiger partial charge on any atom is -0.355 e. The number of hydrogen-bond donors (Lipinski definition) is 1. The van der Waals surface area contributed by atoms with Gasteiger partial charge in [0, 0.05) is 19.3 Å². The van der Waals surface area contributed by atoms with E-state index in [2.05, 4.69) is 20.2 Å². The third-order valence-electron chi connectivity index (χ3n) is 3.95. The fourth-order valence-corrected chi connectivity index (χ4v) is 4.73. The van der Waals surface area contributed by atoms with Gasteiger partial charge in [-0.2, -0.15) is 0 Å². The summed E-state index contributed by atoms with van der Waals surface area (Å²) < 4.78 is 0.866. The van der Waals surface area contributed by atoms with Crippen molar-refractivity contribution in [1.82, 2.24) is 20.2 Å². The van der Waals surface area contributed by atoms with Gasteiger partial charge in [0.15, 0.2) is 4.34 Å². The first-order valence-electron chi connectivity index (χ1n) is 8.75. The van der Waals surface area contributed by atoms with Gasteiger partial charge in [-0.1, -0.05) is 52.4 Å². The lowest BCUT2D eigenvalue weighted by atomic mass is 10.2. The maximum Gasteiger partial charge on any atom is 0.230 e. The number of thioether (sulfide) groups is 1. The topological polar surface area (TPSA) is 58.1 Å². The molecular weight excluding hydrogens is 435 g/mol. The van der Waals surface area contributed by atoms with E-state index < -0.39 is 0 Å². The molecule has 0 unspecified atom stereocenters. The van der Waals surface area contributed by atoms with Crippen LogP contribution in [0.25, 0.3) is 10.3 Å². The highest BCUT2D eigenvalue weighted by Crippen LogP contribution is 2.27. The van der Waals surface area contributed by atoms with Gasteiger partial charge < -0.3 is 10.2 Å². The van der Waals surface area contributed by atoms with Crippen LogP contribution in [-0.2, 0) is 11.3 Å². The molecule has 3 aromatic rings. The van der Waals surface area contributed by atoms with E-state index in [1.165, 1.54) is 23.1 Å². The molecule has 0 spiro atoms. The molecule has 1 amide bonds. The summed E-state index contributed by atoms with van der Waals surface area (Å²) in [4.78, 5) is 23.9. The van der Waals surface area contributed by atoms with E-state index in [0.717, 1.165) is 39.8 Å². The van der Waals surface area contributed by atoms with Crippen molar-refractivity contribution in [1.29, 1.82) is 0 Å². The molecule has 5 nitrogen and oxygen atoms in total. The average molecular weight is 455 g/mol. The normalized spacial score (nSPS) is 11.3. The molecule has 0 aliphatic rings. The van der Waals surface area contributed by atoms with Crippen LogP contribution < -0.4 is 5.32 Å². The SMILES string of the molecule is CN(CCCNC(=O)CSc1nc2cccnc2s1)Cc1ccc(Cl)c(Cl)c1. The number of aromatic nitrogens is 2. The van der Waals surface area contributed by atoms with E-state index in [1.807, 2.05) is 37.4 Å². The number of hydrogen-bond acceptors (Lipinski definition) is 6. The minimum absolute atomic E-state index is 0.0179. The van der Waals surface area contributed by atoms with Crippen molar-refractivity contribution in [3.05, 3.63) is 52.1 Å².